The number of hydrogen-bond donors (Lipinski definition) is 2. The third-order valence-electron chi connectivity index (χ3n) is 5.67. The second-order valence-electron chi connectivity index (χ2n) is 7.49. The highest BCUT2D eigenvalue weighted by Crippen LogP contribution is 2.44. The van der Waals surface area contributed by atoms with E-state index in [1.54, 1.807) is 25.4 Å². The van der Waals surface area contributed by atoms with Crippen LogP contribution in [0.25, 0.3) is 5.69 Å². The van der Waals surface area contributed by atoms with Crippen molar-refractivity contribution in [2.24, 2.45) is 0 Å². The van der Waals surface area contributed by atoms with Gasteiger partial charge in [0, 0.05) is 23.8 Å². The second-order valence-corrected chi connectivity index (χ2v) is 7.87. The lowest BCUT2D eigenvalue weighted by molar-refractivity contribution is 0.414. The summed E-state index contributed by atoms with van der Waals surface area (Å²) in [5.41, 5.74) is 3.54. The highest BCUT2D eigenvalue weighted by Gasteiger charge is 2.42. The molecular weight excluding hydrogens is 420 g/mol. The number of phenols is 1. The van der Waals surface area contributed by atoms with E-state index >= 15 is 0 Å². The maximum absolute atomic E-state index is 10.6. The summed E-state index contributed by atoms with van der Waals surface area (Å²) >= 11 is 5.75. The van der Waals surface area contributed by atoms with Crippen molar-refractivity contribution in [1.29, 1.82) is 0 Å². The van der Waals surface area contributed by atoms with Crippen molar-refractivity contribution in [1.82, 2.24) is 14.9 Å². The summed E-state index contributed by atoms with van der Waals surface area (Å²) in [6.07, 6.45) is 3.80. The number of hydrogen-bond acceptors (Lipinski definition) is 4. The Hall–Kier alpha value is -3.84. The standard InChI is InChI=1S/C25H22N4O2S/c1-31-18-13-11-17(12-14-18)28-16-6-9-21(28)24-23(19-7-4-5-15-26-19)27-25(32)29(24)20-8-2-3-10-22(20)30/h2-16,23-24,30H,1H3,(H,27,32)/t23-,24+/m0/s1. The van der Waals surface area contributed by atoms with Gasteiger partial charge >= 0.3 is 0 Å². The van der Waals surface area contributed by atoms with E-state index in [0.717, 1.165) is 22.8 Å². The van der Waals surface area contributed by atoms with Gasteiger partial charge in [-0.1, -0.05) is 18.2 Å². The van der Waals surface area contributed by atoms with Gasteiger partial charge in [0.2, 0.25) is 0 Å². The normalized spacial score (nSPS) is 17.9. The minimum Gasteiger partial charge on any atom is -0.506 e. The number of thiocarbonyl (C=S) groups is 1. The predicted molar refractivity (Wildman–Crippen MR) is 128 cm³/mol. The molecule has 4 aromatic rings. The topological polar surface area (TPSA) is 62.5 Å². The molecule has 2 aromatic heterocycles. The average Bonchev–Trinajstić information content (AvgIpc) is 3.44. The third kappa shape index (κ3) is 3.46. The van der Waals surface area contributed by atoms with Crippen LogP contribution < -0.4 is 15.0 Å². The summed E-state index contributed by atoms with van der Waals surface area (Å²) in [6, 6.07) is 24.7. The van der Waals surface area contributed by atoms with Crippen LogP contribution >= 0.6 is 12.2 Å². The molecule has 7 heteroatoms. The summed E-state index contributed by atoms with van der Waals surface area (Å²) < 4.78 is 7.44. The molecule has 3 heterocycles. The minimum atomic E-state index is -0.234. The first-order valence-corrected chi connectivity index (χ1v) is 10.7. The minimum absolute atomic E-state index is 0.172. The van der Waals surface area contributed by atoms with Crippen molar-refractivity contribution in [3.05, 3.63) is 103 Å². The summed E-state index contributed by atoms with van der Waals surface area (Å²) in [4.78, 5) is 6.57. The molecule has 0 unspecified atom stereocenters. The molecule has 2 N–H and O–H groups in total. The van der Waals surface area contributed by atoms with Gasteiger partial charge in [-0.05, 0) is 72.9 Å². The van der Waals surface area contributed by atoms with E-state index in [1.165, 1.54) is 0 Å². The number of methoxy groups -OCH3 is 1. The molecular formula is C25H22N4O2S. The molecule has 2 atom stereocenters. The quantitative estimate of drug-likeness (QED) is 0.435. The largest absolute Gasteiger partial charge is 0.506 e. The van der Waals surface area contributed by atoms with Gasteiger partial charge in [0.1, 0.15) is 17.5 Å². The molecule has 0 aliphatic carbocycles. The Morgan fingerprint density at radius 3 is 2.47 bits per heavy atom. The number of para-hydroxylation sites is 2. The van der Waals surface area contributed by atoms with Crippen molar-refractivity contribution >= 4 is 23.0 Å². The fraction of sp³-hybridized carbons (Fsp3) is 0.120. The molecule has 160 valence electrons. The summed E-state index contributed by atoms with van der Waals surface area (Å²) in [7, 11) is 1.66. The molecule has 5 rings (SSSR count). The summed E-state index contributed by atoms with van der Waals surface area (Å²) in [5.74, 6) is 0.972. The highest BCUT2D eigenvalue weighted by atomic mass is 32.1. The molecule has 0 saturated carbocycles. The zero-order valence-electron chi connectivity index (χ0n) is 17.4. The Balaban J connectivity index is 1.66. The van der Waals surface area contributed by atoms with E-state index in [1.807, 2.05) is 71.8 Å². The van der Waals surface area contributed by atoms with E-state index in [4.69, 9.17) is 17.0 Å². The molecule has 1 fully saturated rings. The molecule has 1 saturated heterocycles. The summed E-state index contributed by atoms with van der Waals surface area (Å²) in [6.45, 7) is 0. The zero-order chi connectivity index (χ0) is 22.1. The predicted octanol–water partition coefficient (Wildman–Crippen LogP) is 4.76. The number of rotatable bonds is 5. The van der Waals surface area contributed by atoms with Gasteiger partial charge in [-0.25, -0.2) is 0 Å². The number of aromatic hydroxyl groups is 1. The van der Waals surface area contributed by atoms with E-state index in [9.17, 15) is 5.11 Å². The van der Waals surface area contributed by atoms with Crippen molar-refractivity contribution in [2.45, 2.75) is 12.1 Å². The first-order valence-electron chi connectivity index (χ1n) is 10.3. The molecule has 2 aromatic carbocycles. The Morgan fingerprint density at radius 2 is 1.75 bits per heavy atom. The lowest BCUT2D eigenvalue weighted by Gasteiger charge is -2.29. The summed E-state index contributed by atoms with van der Waals surface area (Å²) in [5, 5.41) is 14.6. The van der Waals surface area contributed by atoms with Gasteiger partial charge in [-0.3, -0.25) is 4.98 Å². The third-order valence-corrected chi connectivity index (χ3v) is 5.99. The monoisotopic (exact) mass is 442 g/mol. The van der Waals surface area contributed by atoms with Gasteiger partial charge < -0.3 is 24.6 Å². The molecule has 0 bridgehead atoms. The van der Waals surface area contributed by atoms with Gasteiger partial charge in [0.05, 0.1) is 24.5 Å². The average molecular weight is 443 g/mol. The maximum Gasteiger partial charge on any atom is 0.174 e. The van der Waals surface area contributed by atoms with Crippen molar-refractivity contribution in [2.75, 3.05) is 12.0 Å². The number of anilines is 1. The van der Waals surface area contributed by atoms with Crippen LogP contribution in [-0.4, -0.2) is 26.9 Å². The number of benzene rings is 2. The number of ether oxygens (including phenoxy) is 1. The number of nitrogens with one attached hydrogen (secondary N) is 1. The van der Waals surface area contributed by atoms with E-state index in [-0.39, 0.29) is 17.8 Å². The first-order chi connectivity index (χ1) is 15.7. The Bertz CT molecular complexity index is 1240. The molecule has 1 aliphatic rings. The Morgan fingerprint density at radius 1 is 0.969 bits per heavy atom. The molecule has 6 nitrogen and oxygen atoms in total. The maximum atomic E-state index is 10.6. The van der Waals surface area contributed by atoms with Crippen LogP contribution in [-0.2, 0) is 0 Å². The van der Waals surface area contributed by atoms with Gasteiger partial charge in [0.25, 0.3) is 0 Å². The van der Waals surface area contributed by atoms with Crippen molar-refractivity contribution < 1.29 is 9.84 Å². The van der Waals surface area contributed by atoms with Gasteiger partial charge in [-0.2, -0.15) is 0 Å². The smallest absolute Gasteiger partial charge is 0.174 e. The molecule has 1 aliphatic heterocycles. The molecule has 32 heavy (non-hydrogen) atoms. The van der Waals surface area contributed by atoms with Crippen LogP contribution in [0.4, 0.5) is 5.69 Å². The number of pyridine rings is 1. The van der Waals surface area contributed by atoms with Crippen LogP contribution in [0.2, 0.25) is 0 Å². The fourth-order valence-corrected chi connectivity index (χ4v) is 4.53. The second kappa shape index (κ2) is 8.36. The first kappa shape index (κ1) is 20.1. The number of phenolic OH excluding ortho intramolecular Hbond substituents is 1. The Kier molecular flexibility index (Phi) is 5.25. The fourth-order valence-electron chi connectivity index (χ4n) is 4.20. The lowest BCUT2D eigenvalue weighted by atomic mass is 10.0. The zero-order valence-corrected chi connectivity index (χ0v) is 18.2. The van der Waals surface area contributed by atoms with E-state index in [2.05, 4.69) is 20.9 Å². The molecule has 0 amide bonds. The van der Waals surface area contributed by atoms with E-state index in [0.29, 0.717) is 10.8 Å². The van der Waals surface area contributed by atoms with Gasteiger partial charge in [0.15, 0.2) is 5.11 Å². The van der Waals surface area contributed by atoms with Crippen LogP contribution in [0.1, 0.15) is 23.5 Å². The highest BCUT2D eigenvalue weighted by molar-refractivity contribution is 7.80. The van der Waals surface area contributed by atoms with Crippen molar-refractivity contribution in [3.63, 3.8) is 0 Å². The van der Waals surface area contributed by atoms with E-state index < -0.39 is 0 Å². The number of aromatic nitrogens is 2. The molecule has 0 radical (unpaired) electrons. The van der Waals surface area contributed by atoms with Crippen molar-refractivity contribution in [3.8, 4) is 17.2 Å². The van der Waals surface area contributed by atoms with Crippen LogP contribution in [0.5, 0.6) is 11.5 Å². The number of nitrogens with zero attached hydrogens (tertiary/aromatic N) is 3. The Labute approximate surface area is 191 Å². The van der Waals surface area contributed by atoms with Gasteiger partial charge in [-0.15, -0.1) is 0 Å². The van der Waals surface area contributed by atoms with Crippen LogP contribution in [0, 0.1) is 0 Å². The molecule has 0 spiro atoms. The van der Waals surface area contributed by atoms with Crippen LogP contribution in [0.3, 0.4) is 0 Å². The lowest BCUT2D eigenvalue weighted by Crippen LogP contribution is -2.30. The SMILES string of the molecule is COc1ccc(-n2cccc2[C@@H]2[C@H](c3ccccn3)NC(=S)N2c2ccccc2O)cc1. The van der Waals surface area contributed by atoms with Crippen LogP contribution in [0.15, 0.2) is 91.3 Å².